The van der Waals surface area contributed by atoms with Crippen LogP contribution in [0, 0.1) is 0 Å². The number of ether oxygens (including phenoxy) is 2. The number of nitrogens with zero attached hydrogens (tertiary/aromatic N) is 3. The molecule has 1 aromatic rings. The summed E-state index contributed by atoms with van der Waals surface area (Å²) >= 11 is 0. The van der Waals surface area contributed by atoms with Gasteiger partial charge in [0, 0.05) is 46.8 Å². The minimum atomic E-state index is 0.657. The fourth-order valence-electron chi connectivity index (χ4n) is 1.68. The van der Waals surface area contributed by atoms with Gasteiger partial charge in [0.2, 0.25) is 0 Å². The summed E-state index contributed by atoms with van der Waals surface area (Å²) in [6, 6.07) is 1.95. The van der Waals surface area contributed by atoms with Gasteiger partial charge in [-0.05, 0) is 0 Å². The van der Waals surface area contributed by atoms with Gasteiger partial charge in [0.25, 0.3) is 0 Å². The number of rotatable bonds is 9. The smallest absolute Gasteiger partial charge is 0.134 e. The second-order valence-corrected chi connectivity index (χ2v) is 4.10. The Labute approximate surface area is 115 Å². The van der Waals surface area contributed by atoms with Gasteiger partial charge in [-0.15, -0.1) is 0 Å². The molecule has 0 fully saturated rings. The first-order valence-corrected chi connectivity index (χ1v) is 6.53. The molecule has 6 heteroatoms. The van der Waals surface area contributed by atoms with Gasteiger partial charge in [-0.1, -0.05) is 6.92 Å². The van der Waals surface area contributed by atoms with E-state index in [4.69, 9.17) is 9.47 Å². The zero-order chi connectivity index (χ0) is 14.1. The molecule has 0 spiro atoms. The van der Waals surface area contributed by atoms with Crippen LogP contribution in [-0.4, -0.2) is 57.5 Å². The van der Waals surface area contributed by atoms with E-state index in [2.05, 4.69) is 20.2 Å². The normalized spacial score (nSPS) is 10.5. The van der Waals surface area contributed by atoms with Gasteiger partial charge in [-0.3, -0.25) is 0 Å². The van der Waals surface area contributed by atoms with Crippen molar-refractivity contribution in [1.29, 1.82) is 0 Å². The van der Waals surface area contributed by atoms with Crippen LogP contribution < -0.4 is 10.2 Å². The number of aromatic nitrogens is 2. The average molecular weight is 268 g/mol. The quantitative estimate of drug-likeness (QED) is 0.726. The summed E-state index contributed by atoms with van der Waals surface area (Å²) in [7, 11) is 5.26. The zero-order valence-electron chi connectivity index (χ0n) is 12.3. The minimum absolute atomic E-state index is 0.657. The van der Waals surface area contributed by atoms with Crippen LogP contribution >= 0.6 is 0 Å². The Morgan fingerprint density at radius 1 is 1.16 bits per heavy atom. The fraction of sp³-hybridized carbons (Fsp3) is 0.692. The summed E-state index contributed by atoms with van der Waals surface area (Å²) in [6.07, 6.45) is 0.810. The van der Waals surface area contributed by atoms with Crippen LogP contribution in [0.2, 0.25) is 0 Å². The van der Waals surface area contributed by atoms with E-state index in [1.807, 2.05) is 20.0 Å². The van der Waals surface area contributed by atoms with Crippen LogP contribution in [0.4, 0.5) is 11.6 Å². The van der Waals surface area contributed by atoms with E-state index < -0.39 is 0 Å². The van der Waals surface area contributed by atoms with Crippen LogP contribution in [0.25, 0.3) is 0 Å². The van der Waals surface area contributed by atoms with E-state index in [9.17, 15) is 0 Å². The van der Waals surface area contributed by atoms with Gasteiger partial charge in [0.05, 0.1) is 13.2 Å². The molecule has 1 N–H and O–H groups in total. The first-order valence-electron chi connectivity index (χ1n) is 6.53. The first-order chi connectivity index (χ1) is 9.24. The van der Waals surface area contributed by atoms with Crippen molar-refractivity contribution in [3.63, 3.8) is 0 Å². The third kappa shape index (κ3) is 5.00. The predicted octanol–water partition coefficient (Wildman–Crippen LogP) is 1.18. The number of hydrogen-bond donors (Lipinski definition) is 1. The maximum Gasteiger partial charge on any atom is 0.134 e. The molecular weight excluding hydrogens is 244 g/mol. The van der Waals surface area contributed by atoms with Gasteiger partial charge < -0.3 is 19.7 Å². The Bertz CT molecular complexity index is 343. The molecule has 6 nitrogen and oxygen atoms in total. The molecule has 108 valence electrons. The number of aryl methyl sites for hydroxylation is 1. The summed E-state index contributed by atoms with van der Waals surface area (Å²) in [5.41, 5.74) is 0. The molecule has 19 heavy (non-hydrogen) atoms. The van der Waals surface area contributed by atoms with Crippen LogP contribution in [-0.2, 0) is 15.9 Å². The number of methoxy groups -OCH3 is 2. The lowest BCUT2D eigenvalue weighted by molar-refractivity contribution is 0.190. The SMILES string of the molecule is CCc1nc(NC)cc(N(CCOC)CCOC)n1. The molecule has 0 amide bonds. The molecule has 1 rings (SSSR count). The Kier molecular flexibility index (Phi) is 7.14. The zero-order valence-corrected chi connectivity index (χ0v) is 12.3. The molecule has 0 unspecified atom stereocenters. The van der Waals surface area contributed by atoms with E-state index in [0.717, 1.165) is 37.0 Å². The molecule has 0 aliphatic rings. The fourth-order valence-corrected chi connectivity index (χ4v) is 1.68. The number of anilines is 2. The molecule has 0 bridgehead atoms. The highest BCUT2D eigenvalue weighted by atomic mass is 16.5. The van der Waals surface area contributed by atoms with E-state index in [1.165, 1.54) is 0 Å². The van der Waals surface area contributed by atoms with Gasteiger partial charge in [0.1, 0.15) is 17.5 Å². The Balaban J connectivity index is 2.91. The Morgan fingerprint density at radius 3 is 2.26 bits per heavy atom. The highest BCUT2D eigenvalue weighted by Gasteiger charge is 2.10. The lowest BCUT2D eigenvalue weighted by atomic mass is 10.3. The van der Waals surface area contributed by atoms with Crippen molar-refractivity contribution in [3.8, 4) is 0 Å². The Hall–Kier alpha value is -1.40. The van der Waals surface area contributed by atoms with Crippen molar-refractivity contribution in [3.05, 3.63) is 11.9 Å². The highest BCUT2D eigenvalue weighted by molar-refractivity contribution is 5.49. The molecule has 0 aliphatic carbocycles. The lowest BCUT2D eigenvalue weighted by Gasteiger charge is -2.23. The maximum atomic E-state index is 5.15. The van der Waals surface area contributed by atoms with E-state index in [-0.39, 0.29) is 0 Å². The second-order valence-electron chi connectivity index (χ2n) is 4.10. The van der Waals surface area contributed by atoms with Gasteiger partial charge in [-0.25, -0.2) is 9.97 Å². The van der Waals surface area contributed by atoms with Crippen LogP contribution in [0.15, 0.2) is 6.07 Å². The van der Waals surface area contributed by atoms with Gasteiger partial charge in [0.15, 0.2) is 0 Å². The first kappa shape index (κ1) is 15.7. The van der Waals surface area contributed by atoms with Crippen LogP contribution in [0.3, 0.4) is 0 Å². The summed E-state index contributed by atoms with van der Waals surface area (Å²) in [5.74, 6) is 2.58. The summed E-state index contributed by atoms with van der Waals surface area (Å²) < 4.78 is 10.3. The lowest BCUT2D eigenvalue weighted by Crippen LogP contribution is -2.31. The van der Waals surface area contributed by atoms with Crippen molar-refractivity contribution in [1.82, 2.24) is 9.97 Å². The molecule has 1 aromatic heterocycles. The van der Waals surface area contributed by atoms with Crippen molar-refractivity contribution in [2.24, 2.45) is 0 Å². The third-order valence-corrected chi connectivity index (χ3v) is 2.79. The molecule has 0 aromatic carbocycles. The number of nitrogens with one attached hydrogen (secondary N) is 1. The topological polar surface area (TPSA) is 59.5 Å². The molecule has 0 atom stereocenters. The molecule has 0 aliphatic heterocycles. The number of hydrogen-bond acceptors (Lipinski definition) is 6. The van der Waals surface area contributed by atoms with Crippen LogP contribution in [0.5, 0.6) is 0 Å². The maximum absolute atomic E-state index is 5.15. The van der Waals surface area contributed by atoms with E-state index in [1.54, 1.807) is 14.2 Å². The third-order valence-electron chi connectivity index (χ3n) is 2.79. The van der Waals surface area contributed by atoms with Gasteiger partial charge in [-0.2, -0.15) is 0 Å². The van der Waals surface area contributed by atoms with Crippen molar-refractivity contribution in [2.45, 2.75) is 13.3 Å². The predicted molar refractivity (Wildman–Crippen MR) is 76.9 cm³/mol. The minimum Gasteiger partial charge on any atom is -0.383 e. The van der Waals surface area contributed by atoms with E-state index >= 15 is 0 Å². The molecule has 0 saturated heterocycles. The van der Waals surface area contributed by atoms with Crippen molar-refractivity contribution >= 4 is 11.6 Å². The monoisotopic (exact) mass is 268 g/mol. The molecule has 0 saturated carbocycles. The van der Waals surface area contributed by atoms with Crippen molar-refractivity contribution in [2.75, 3.05) is 57.8 Å². The standard InChI is InChI=1S/C13H24N4O2/c1-5-11-15-12(14-2)10-13(16-11)17(6-8-18-3)7-9-19-4/h10H,5-9H2,1-4H3,(H,14,15,16). The van der Waals surface area contributed by atoms with Crippen molar-refractivity contribution < 1.29 is 9.47 Å². The van der Waals surface area contributed by atoms with Crippen LogP contribution in [0.1, 0.15) is 12.7 Å². The Morgan fingerprint density at radius 2 is 1.79 bits per heavy atom. The largest absolute Gasteiger partial charge is 0.383 e. The summed E-state index contributed by atoms with van der Waals surface area (Å²) in [5, 5.41) is 3.07. The summed E-state index contributed by atoms with van der Waals surface area (Å²) in [4.78, 5) is 11.1. The highest BCUT2D eigenvalue weighted by Crippen LogP contribution is 2.16. The second kappa shape index (κ2) is 8.66. The van der Waals surface area contributed by atoms with Gasteiger partial charge >= 0.3 is 0 Å². The molecular formula is C13H24N4O2. The molecule has 1 heterocycles. The van der Waals surface area contributed by atoms with E-state index in [0.29, 0.717) is 13.2 Å². The summed E-state index contributed by atoms with van der Waals surface area (Å²) in [6.45, 7) is 4.92. The molecule has 0 radical (unpaired) electrons. The average Bonchev–Trinajstić information content (AvgIpc) is 2.46.